The summed E-state index contributed by atoms with van der Waals surface area (Å²) in [6.45, 7) is 4.09. The molecular weight excluding hydrogens is 294 g/mol. The van der Waals surface area contributed by atoms with Crippen LogP contribution in [0, 0.1) is 0 Å². The first-order valence-electron chi connectivity index (χ1n) is 5.63. The van der Waals surface area contributed by atoms with Crippen molar-refractivity contribution < 1.29 is 0 Å². The number of para-hydroxylation sites is 1. The van der Waals surface area contributed by atoms with Crippen LogP contribution in [0.1, 0.15) is 13.8 Å². The van der Waals surface area contributed by atoms with Crippen molar-refractivity contribution in [3.8, 4) is 0 Å². The third-order valence-electron chi connectivity index (χ3n) is 2.12. The van der Waals surface area contributed by atoms with Crippen LogP contribution in [0.2, 0.25) is 0 Å². The second-order valence-electron chi connectivity index (χ2n) is 4.07. The van der Waals surface area contributed by atoms with E-state index in [1.54, 1.807) is 6.20 Å². The predicted molar refractivity (Wildman–Crippen MR) is 76.0 cm³/mol. The number of hydrogen-bond acceptors (Lipinski definition) is 5. The van der Waals surface area contributed by atoms with Gasteiger partial charge in [0, 0.05) is 10.5 Å². The average Bonchev–Trinajstić information content (AvgIpc) is 2.32. The lowest BCUT2D eigenvalue weighted by Gasteiger charge is -2.10. The van der Waals surface area contributed by atoms with Crippen LogP contribution in [0.5, 0.6) is 0 Å². The Morgan fingerprint density at radius 1 is 1.22 bits per heavy atom. The smallest absolute Gasteiger partial charge is 0.249 e. The van der Waals surface area contributed by atoms with E-state index in [1.807, 2.05) is 38.1 Å². The fourth-order valence-electron chi connectivity index (χ4n) is 1.40. The maximum absolute atomic E-state index is 4.33. The molecule has 2 N–H and O–H groups in total. The van der Waals surface area contributed by atoms with Gasteiger partial charge in [-0.2, -0.15) is 10.1 Å². The Bertz CT molecular complexity index is 529. The van der Waals surface area contributed by atoms with Crippen molar-refractivity contribution in [3.05, 3.63) is 34.9 Å². The number of nitrogens with zero attached hydrogens (tertiary/aromatic N) is 3. The van der Waals surface area contributed by atoms with Crippen LogP contribution in [-0.4, -0.2) is 21.2 Å². The van der Waals surface area contributed by atoms with Gasteiger partial charge >= 0.3 is 0 Å². The molecule has 0 bridgehead atoms. The van der Waals surface area contributed by atoms with Crippen molar-refractivity contribution in [1.82, 2.24) is 15.2 Å². The molecule has 0 saturated carbocycles. The lowest BCUT2D eigenvalue weighted by Crippen LogP contribution is -2.12. The molecule has 0 aliphatic carbocycles. The molecule has 0 unspecified atom stereocenters. The molecule has 6 heteroatoms. The van der Waals surface area contributed by atoms with Gasteiger partial charge in [0.1, 0.15) is 0 Å². The van der Waals surface area contributed by atoms with E-state index in [-0.39, 0.29) is 0 Å². The van der Waals surface area contributed by atoms with Gasteiger partial charge in [0.15, 0.2) is 5.82 Å². The summed E-state index contributed by atoms with van der Waals surface area (Å²) in [5.74, 6) is 1.17. The molecule has 1 aromatic carbocycles. The topological polar surface area (TPSA) is 62.7 Å². The third kappa shape index (κ3) is 3.40. The molecule has 18 heavy (non-hydrogen) atoms. The van der Waals surface area contributed by atoms with Crippen molar-refractivity contribution in [1.29, 1.82) is 0 Å². The van der Waals surface area contributed by atoms with Crippen LogP contribution in [0.3, 0.4) is 0 Å². The number of aromatic nitrogens is 3. The molecular formula is C12H14BrN5. The van der Waals surface area contributed by atoms with E-state index in [9.17, 15) is 0 Å². The highest BCUT2D eigenvalue weighted by Gasteiger charge is 2.04. The molecule has 1 aromatic heterocycles. The SMILES string of the molecule is CC(C)Nc1cnnc(Nc2ccccc2Br)n1. The molecule has 94 valence electrons. The number of halogens is 1. The number of hydrogen-bond donors (Lipinski definition) is 2. The number of nitrogens with one attached hydrogen (secondary N) is 2. The van der Waals surface area contributed by atoms with E-state index in [4.69, 9.17) is 0 Å². The van der Waals surface area contributed by atoms with Gasteiger partial charge in [-0.25, -0.2) is 0 Å². The summed E-state index contributed by atoms with van der Waals surface area (Å²) in [6.07, 6.45) is 1.60. The van der Waals surface area contributed by atoms with Gasteiger partial charge < -0.3 is 10.6 Å². The van der Waals surface area contributed by atoms with Crippen LogP contribution < -0.4 is 10.6 Å². The molecule has 0 amide bonds. The molecule has 2 rings (SSSR count). The van der Waals surface area contributed by atoms with Crippen molar-refractivity contribution in [2.24, 2.45) is 0 Å². The first kappa shape index (κ1) is 12.8. The van der Waals surface area contributed by atoms with E-state index >= 15 is 0 Å². The maximum Gasteiger partial charge on any atom is 0.249 e. The Morgan fingerprint density at radius 2 is 2.00 bits per heavy atom. The first-order chi connectivity index (χ1) is 8.65. The second kappa shape index (κ2) is 5.77. The Labute approximate surface area is 114 Å². The van der Waals surface area contributed by atoms with Crippen LogP contribution in [0.4, 0.5) is 17.5 Å². The highest BCUT2D eigenvalue weighted by atomic mass is 79.9. The van der Waals surface area contributed by atoms with Crippen molar-refractivity contribution in [2.75, 3.05) is 10.6 Å². The first-order valence-corrected chi connectivity index (χ1v) is 6.42. The van der Waals surface area contributed by atoms with Crippen molar-refractivity contribution in [3.63, 3.8) is 0 Å². The van der Waals surface area contributed by atoms with Crippen LogP contribution in [-0.2, 0) is 0 Å². The molecule has 0 aliphatic heterocycles. The zero-order valence-electron chi connectivity index (χ0n) is 10.2. The quantitative estimate of drug-likeness (QED) is 0.908. The van der Waals surface area contributed by atoms with Gasteiger partial charge in [-0.05, 0) is 41.9 Å². The summed E-state index contributed by atoms with van der Waals surface area (Å²) in [4.78, 5) is 4.33. The minimum absolute atomic E-state index is 0.304. The fourth-order valence-corrected chi connectivity index (χ4v) is 1.79. The fraction of sp³-hybridized carbons (Fsp3) is 0.250. The molecule has 0 saturated heterocycles. The third-order valence-corrected chi connectivity index (χ3v) is 2.81. The summed E-state index contributed by atoms with van der Waals surface area (Å²) in [6, 6.07) is 8.09. The van der Waals surface area contributed by atoms with E-state index in [1.165, 1.54) is 0 Å². The summed E-state index contributed by atoms with van der Waals surface area (Å²) >= 11 is 3.46. The minimum Gasteiger partial charge on any atom is -0.366 e. The highest BCUT2D eigenvalue weighted by molar-refractivity contribution is 9.10. The van der Waals surface area contributed by atoms with E-state index < -0.39 is 0 Å². The van der Waals surface area contributed by atoms with E-state index in [0.717, 1.165) is 10.2 Å². The van der Waals surface area contributed by atoms with Crippen molar-refractivity contribution in [2.45, 2.75) is 19.9 Å². The van der Waals surface area contributed by atoms with Gasteiger partial charge in [0.05, 0.1) is 11.9 Å². The van der Waals surface area contributed by atoms with Gasteiger partial charge in [0.25, 0.3) is 0 Å². The number of benzene rings is 1. The Kier molecular flexibility index (Phi) is 4.09. The van der Waals surface area contributed by atoms with E-state index in [0.29, 0.717) is 17.8 Å². The number of anilines is 3. The molecule has 1 heterocycles. The van der Waals surface area contributed by atoms with Gasteiger partial charge in [-0.3, -0.25) is 0 Å². The Hall–Kier alpha value is -1.69. The standard InChI is InChI=1S/C12H14BrN5/c1-8(2)15-11-7-14-18-12(17-11)16-10-6-4-3-5-9(10)13/h3-8H,1-2H3,(H2,15,16,17,18). The largest absolute Gasteiger partial charge is 0.366 e. The highest BCUT2D eigenvalue weighted by Crippen LogP contribution is 2.23. The molecule has 0 fully saturated rings. The monoisotopic (exact) mass is 307 g/mol. The lowest BCUT2D eigenvalue weighted by molar-refractivity contribution is 0.873. The second-order valence-corrected chi connectivity index (χ2v) is 4.92. The van der Waals surface area contributed by atoms with Gasteiger partial charge in [-0.1, -0.05) is 12.1 Å². The van der Waals surface area contributed by atoms with Gasteiger partial charge in [-0.15, -0.1) is 5.10 Å². The summed E-state index contributed by atoms with van der Waals surface area (Å²) in [5.41, 5.74) is 0.904. The van der Waals surface area contributed by atoms with Crippen LogP contribution >= 0.6 is 15.9 Å². The Balaban J connectivity index is 2.17. The lowest BCUT2D eigenvalue weighted by atomic mass is 10.3. The molecule has 0 atom stereocenters. The predicted octanol–water partition coefficient (Wildman–Crippen LogP) is 3.20. The normalized spacial score (nSPS) is 10.4. The summed E-state index contributed by atoms with van der Waals surface area (Å²) in [7, 11) is 0. The summed E-state index contributed by atoms with van der Waals surface area (Å²) in [5, 5.41) is 14.2. The molecule has 5 nitrogen and oxygen atoms in total. The average molecular weight is 308 g/mol. The molecule has 2 aromatic rings. The van der Waals surface area contributed by atoms with Crippen LogP contribution in [0.25, 0.3) is 0 Å². The maximum atomic E-state index is 4.33. The van der Waals surface area contributed by atoms with E-state index in [2.05, 4.69) is 41.7 Å². The number of rotatable bonds is 4. The Morgan fingerprint density at radius 3 is 2.72 bits per heavy atom. The molecule has 0 spiro atoms. The minimum atomic E-state index is 0.304. The molecule has 0 radical (unpaired) electrons. The zero-order valence-corrected chi connectivity index (χ0v) is 11.8. The molecule has 0 aliphatic rings. The zero-order chi connectivity index (χ0) is 13.0. The van der Waals surface area contributed by atoms with Crippen molar-refractivity contribution >= 4 is 33.4 Å². The van der Waals surface area contributed by atoms with Gasteiger partial charge in [0.2, 0.25) is 5.95 Å². The summed E-state index contributed by atoms with van der Waals surface area (Å²) < 4.78 is 0.954. The van der Waals surface area contributed by atoms with Crippen LogP contribution in [0.15, 0.2) is 34.9 Å².